The van der Waals surface area contributed by atoms with E-state index < -0.39 is 0 Å². The van der Waals surface area contributed by atoms with E-state index in [2.05, 4.69) is 123 Å². The standard InChI is InChI=1S/C36H24/c1-21-7-5-8-22(2)35(21)25-14-13-24-18-31-30-12-6-11-29-28-16-15-23-9-3-4-10-27(23)33(28)20-34(36(29)30)32(31)19-26(24)17-25/h3-20H,1-2H3. The van der Waals surface area contributed by atoms with E-state index in [1.807, 2.05) is 0 Å². The predicted octanol–water partition coefficient (Wildman–Crippen LogP) is 10.2. The van der Waals surface area contributed by atoms with E-state index in [0.717, 1.165) is 0 Å². The van der Waals surface area contributed by atoms with Gasteiger partial charge in [0, 0.05) is 0 Å². The SMILES string of the molecule is Cc1cccc(C)c1-c1ccc2cc3c(cc2c1)-c1cc2c4ccccc4ccc2c2cccc-3c12. The Hall–Kier alpha value is -4.42. The molecule has 0 aromatic heterocycles. The van der Waals surface area contributed by atoms with E-state index in [1.54, 1.807) is 0 Å². The highest BCUT2D eigenvalue weighted by atomic mass is 14.3. The van der Waals surface area contributed by atoms with Crippen molar-refractivity contribution in [3.63, 3.8) is 0 Å². The number of benzene rings is 7. The number of hydrogen-bond donors (Lipinski definition) is 0. The third-order valence-corrected chi connectivity index (χ3v) is 8.21. The molecular weight excluding hydrogens is 432 g/mol. The summed E-state index contributed by atoms with van der Waals surface area (Å²) >= 11 is 0. The predicted molar refractivity (Wildman–Crippen MR) is 156 cm³/mol. The van der Waals surface area contributed by atoms with Crippen molar-refractivity contribution in [2.75, 3.05) is 0 Å². The van der Waals surface area contributed by atoms with Gasteiger partial charge in [-0.05, 0) is 126 Å². The number of aryl methyl sites for hydroxylation is 2. The second-order valence-corrected chi connectivity index (χ2v) is 10.3. The third kappa shape index (κ3) is 2.59. The van der Waals surface area contributed by atoms with Crippen LogP contribution in [0.2, 0.25) is 0 Å². The molecule has 36 heavy (non-hydrogen) atoms. The van der Waals surface area contributed by atoms with Gasteiger partial charge in [0.1, 0.15) is 0 Å². The molecule has 0 saturated heterocycles. The van der Waals surface area contributed by atoms with E-state index in [1.165, 1.54) is 87.6 Å². The lowest BCUT2D eigenvalue weighted by Crippen LogP contribution is -1.88. The zero-order chi connectivity index (χ0) is 24.0. The van der Waals surface area contributed by atoms with Gasteiger partial charge in [0.05, 0.1) is 0 Å². The van der Waals surface area contributed by atoms with Gasteiger partial charge in [-0.3, -0.25) is 0 Å². The molecule has 0 saturated carbocycles. The van der Waals surface area contributed by atoms with Gasteiger partial charge in [-0.2, -0.15) is 0 Å². The van der Waals surface area contributed by atoms with Crippen LogP contribution >= 0.6 is 0 Å². The highest BCUT2D eigenvalue weighted by Crippen LogP contribution is 2.51. The van der Waals surface area contributed by atoms with Gasteiger partial charge in [0.2, 0.25) is 0 Å². The van der Waals surface area contributed by atoms with Crippen LogP contribution in [0.25, 0.3) is 76.5 Å². The molecule has 1 aliphatic rings. The van der Waals surface area contributed by atoms with Crippen LogP contribution in [-0.2, 0) is 0 Å². The van der Waals surface area contributed by atoms with Gasteiger partial charge in [0.25, 0.3) is 0 Å². The van der Waals surface area contributed by atoms with Crippen molar-refractivity contribution in [2.45, 2.75) is 13.8 Å². The van der Waals surface area contributed by atoms with Gasteiger partial charge in [-0.25, -0.2) is 0 Å². The largest absolute Gasteiger partial charge is 0.0617 e. The lowest BCUT2D eigenvalue weighted by Gasteiger charge is -2.12. The summed E-state index contributed by atoms with van der Waals surface area (Å²) in [5, 5.41) is 10.6. The van der Waals surface area contributed by atoms with E-state index in [4.69, 9.17) is 0 Å². The molecule has 168 valence electrons. The average molecular weight is 457 g/mol. The minimum atomic E-state index is 1.29. The van der Waals surface area contributed by atoms with Crippen LogP contribution in [-0.4, -0.2) is 0 Å². The van der Waals surface area contributed by atoms with E-state index >= 15 is 0 Å². The van der Waals surface area contributed by atoms with Gasteiger partial charge in [-0.1, -0.05) is 84.9 Å². The molecule has 0 spiro atoms. The van der Waals surface area contributed by atoms with E-state index in [0.29, 0.717) is 0 Å². The summed E-state index contributed by atoms with van der Waals surface area (Å²) in [6.07, 6.45) is 0. The molecular formula is C36H24. The van der Waals surface area contributed by atoms with Crippen molar-refractivity contribution in [3.05, 3.63) is 120 Å². The lowest BCUT2D eigenvalue weighted by molar-refractivity contribution is 1.38. The molecule has 0 bridgehead atoms. The van der Waals surface area contributed by atoms with Crippen molar-refractivity contribution < 1.29 is 0 Å². The van der Waals surface area contributed by atoms with Gasteiger partial charge in [0.15, 0.2) is 0 Å². The zero-order valence-electron chi connectivity index (χ0n) is 20.4. The molecule has 0 heteroatoms. The fourth-order valence-corrected chi connectivity index (χ4v) is 6.57. The van der Waals surface area contributed by atoms with Gasteiger partial charge >= 0.3 is 0 Å². The van der Waals surface area contributed by atoms with Crippen LogP contribution in [0.5, 0.6) is 0 Å². The average Bonchev–Trinajstić information content (AvgIpc) is 3.21. The topological polar surface area (TPSA) is 0 Å². The maximum absolute atomic E-state index is 2.44. The maximum atomic E-state index is 2.44. The first-order valence-corrected chi connectivity index (χ1v) is 12.7. The summed E-state index contributed by atoms with van der Waals surface area (Å²) < 4.78 is 0. The minimum absolute atomic E-state index is 1.29. The van der Waals surface area contributed by atoms with Crippen LogP contribution in [0.3, 0.4) is 0 Å². The smallest absolute Gasteiger partial charge is 0.00199 e. The monoisotopic (exact) mass is 456 g/mol. The Kier molecular flexibility index (Phi) is 3.89. The van der Waals surface area contributed by atoms with Crippen molar-refractivity contribution in [2.24, 2.45) is 0 Å². The first-order valence-electron chi connectivity index (χ1n) is 12.7. The first kappa shape index (κ1) is 19.8. The number of hydrogen-bond acceptors (Lipinski definition) is 0. The second-order valence-electron chi connectivity index (χ2n) is 10.3. The Labute approximate surface area is 210 Å². The second kappa shape index (κ2) is 7.06. The molecule has 0 radical (unpaired) electrons. The Bertz CT molecular complexity index is 2040. The summed E-state index contributed by atoms with van der Waals surface area (Å²) in [4.78, 5) is 0. The molecule has 0 heterocycles. The lowest BCUT2D eigenvalue weighted by atomic mass is 9.92. The highest BCUT2D eigenvalue weighted by Gasteiger charge is 2.24. The van der Waals surface area contributed by atoms with Crippen molar-refractivity contribution >= 4 is 43.1 Å². The molecule has 0 atom stereocenters. The van der Waals surface area contributed by atoms with E-state index in [-0.39, 0.29) is 0 Å². The van der Waals surface area contributed by atoms with Crippen LogP contribution in [0.1, 0.15) is 11.1 Å². The molecule has 0 N–H and O–H groups in total. The van der Waals surface area contributed by atoms with Crippen molar-refractivity contribution in [1.82, 2.24) is 0 Å². The van der Waals surface area contributed by atoms with Crippen LogP contribution in [0.4, 0.5) is 0 Å². The molecule has 1 aliphatic carbocycles. The molecule has 0 nitrogen and oxygen atoms in total. The summed E-state index contributed by atoms with van der Waals surface area (Å²) in [6, 6.07) is 40.9. The summed E-state index contributed by atoms with van der Waals surface area (Å²) in [5.74, 6) is 0. The summed E-state index contributed by atoms with van der Waals surface area (Å²) in [7, 11) is 0. The fraction of sp³-hybridized carbons (Fsp3) is 0.0556. The van der Waals surface area contributed by atoms with Crippen LogP contribution in [0.15, 0.2) is 109 Å². The van der Waals surface area contributed by atoms with Gasteiger partial charge in [-0.15, -0.1) is 0 Å². The quantitative estimate of drug-likeness (QED) is 0.216. The minimum Gasteiger partial charge on any atom is -0.0617 e. The Morgan fingerprint density at radius 2 is 1.11 bits per heavy atom. The Morgan fingerprint density at radius 1 is 0.389 bits per heavy atom. The Balaban J connectivity index is 1.45. The third-order valence-electron chi connectivity index (χ3n) is 8.21. The molecule has 8 rings (SSSR count). The van der Waals surface area contributed by atoms with E-state index in [9.17, 15) is 0 Å². The maximum Gasteiger partial charge on any atom is -0.00199 e. The molecule has 0 fully saturated rings. The normalized spacial score (nSPS) is 12.2. The van der Waals surface area contributed by atoms with Crippen molar-refractivity contribution in [1.29, 1.82) is 0 Å². The fourth-order valence-electron chi connectivity index (χ4n) is 6.57. The highest BCUT2D eigenvalue weighted by molar-refractivity contribution is 6.27. The number of rotatable bonds is 1. The van der Waals surface area contributed by atoms with Gasteiger partial charge < -0.3 is 0 Å². The molecule has 0 aliphatic heterocycles. The zero-order valence-corrected chi connectivity index (χ0v) is 20.4. The molecule has 7 aromatic carbocycles. The first-order chi connectivity index (χ1) is 17.7. The summed E-state index contributed by atoms with van der Waals surface area (Å²) in [5.41, 5.74) is 10.7. The summed E-state index contributed by atoms with van der Waals surface area (Å²) in [6.45, 7) is 4.42. The van der Waals surface area contributed by atoms with Crippen LogP contribution < -0.4 is 0 Å². The molecule has 7 aromatic rings. The van der Waals surface area contributed by atoms with Crippen LogP contribution in [0, 0.1) is 13.8 Å². The van der Waals surface area contributed by atoms with Crippen molar-refractivity contribution in [3.8, 4) is 33.4 Å². The molecule has 0 amide bonds. The Morgan fingerprint density at radius 3 is 2.00 bits per heavy atom. The number of fused-ring (bicyclic) bond motifs is 8. The molecule has 0 unspecified atom stereocenters.